The molecule has 3 aromatic rings. The van der Waals surface area contributed by atoms with Gasteiger partial charge in [0.1, 0.15) is 22.3 Å². The second kappa shape index (κ2) is 11.4. The summed E-state index contributed by atoms with van der Waals surface area (Å²) in [6, 6.07) is 9.16. The van der Waals surface area contributed by atoms with Gasteiger partial charge >= 0.3 is 0 Å². The number of hydrogen-bond donors (Lipinski definition) is 3. The Balaban J connectivity index is 1.36. The number of likely N-dealkylation sites (tertiary alicyclic amines) is 1. The van der Waals surface area contributed by atoms with Crippen molar-refractivity contribution in [2.45, 2.75) is 30.6 Å². The van der Waals surface area contributed by atoms with E-state index in [2.05, 4.69) is 19.9 Å². The zero-order valence-corrected chi connectivity index (χ0v) is 21.1. The molecule has 0 radical (unpaired) electrons. The number of sulfonamides is 1. The highest BCUT2D eigenvalue weighted by molar-refractivity contribution is 7.89. The van der Waals surface area contributed by atoms with Gasteiger partial charge in [-0.1, -0.05) is 23.8 Å². The fourth-order valence-corrected chi connectivity index (χ4v) is 5.92. The molecule has 0 spiro atoms. The molecule has 0 atom stereocenters. The summed E-state index contributed by atoms with van der Waals surface area (Å²) in [6.07, 6.45) is 4.39. The highest BCUT2D eigenvalue weighted by Gasteiger charge is 2.24. The molecule has 12 heteroatoms. The Bertz CT molecular complexity index is 1300. The molecular formula is C24H27F2N5O3S2. The van der Waals surface area contributed by atoms with Gasteiger partial charge in [0.15, 0.2) is 5.13 Å². The van der Waals surface area contributed by atoms with Crippen LogP contribution in [0.15, 0.2) is 47.4 Å². The standard InChI is InChI=1S/C24H27F2N5O3S2/c25-18-6-4-7-19(26)20(18)21(32)22-23(27)30-24(35-22)29-16-8-10-17(11-9-16)36(33,34)28-12-5-15-31-13-2-1-3-14-31/h4,6-11,28H,1-3,5,12-15,27H2,(H,29,30). The lowest BCUT2D eigenvalue weighted by Gasteiger charge is -2.26. The summed E-state index contributed by atoms with van der Waals surface area (Å²) in [4.78, 5) is 19.1. The van der Waals surface area contributed by atoms with Gasteiger partial charge in [0.05, 0.1) is 10.5 Å². The van der Waals surface area contributed by atoms with Crippen molar-refractivity contribution in [3.05, 3.63) is 64.5 Å². The lowest BCUT2D eigenvalue weighted by molar-refractivity contribution is 0.103. The van der Waals surface area contributed by atoms with E-state index in [9.17, 15) is 22.0 Å². The first-order valence-corrected chi connectivity index (χ1v) is 13.9. The molecule has 4 N–H and O–H groups in total. The van der Waals surface area contributed by atoms with Crippen LogP contribution in [0.5, 0.6) is 0 Å². The molecule has 0 unspecified atom stereocenters. The molecule has 2 aromatic carbocycles. The molecule has 1 fully saturated rings. The Morgan fingerprint density at radius 3 is 2.39 bits per heavy atom. The summed E-state index contributed by atoms with van der Waals surface area (Å²) in [5.41, 5.74) is 5.63. The molecule has 36 heavy (non-hydrogen) atoms. The number of carbonyl (C=O) groups is 1. The smallest absolute Gasteiger partial charge is 0.240 e. The van der Waals surface area contributed by atoms with E-state index in [1.807, 2.05) is 0 Å². The summed E-state index contributed by atoms with van der Waals surface area (Å²) >= 11 is 0.845. The number of anilines is 3. The van der Waals surface area contributed by atoms with Crippen LogP contribution in [-0.4, -0.2) is 50.3 Å². The Morgan fingerprint density at radius 1 is 1.06 bits per heavy atom. The predicted octanol–water partition coefficient (Wildman–Crippen LogP) is 4.13. The second-order valence-corrected chi connectivity index (χ2v) is 11.2. The number of nitrogens with one attached hydrogen (secondary N) is 2. The van der Waals surface area contributed by atoms with Crippen LogP contribution in [0.4, 0.5) is 25.4 Å². The van der Waals surface area contributed by atoms with E-state index in [4.69, 9.17) is 5.73 Å². The van der Waals surface area contributed by atoms with E-state index in [1.165, 1.54) is 37.5 Å². The molecule has 4 rings (SSSR count). The minimum Gasteiger partial charge on any atom is -0.382 e. The first-order valence-electron chi connectivity index (χ1n) is 11.6. The minimum absolute atomic E-state index is 0.102. The maximum Gasteiger partial charge on any atom is 0.240 e. The predicted molar refractivity (Wildman–Crippen MR) is 136 cm³/mol. The van der Waals surface area contributed by atoms with Gasteiger partial charge in [-0.25, -0.2) is 26.9 Å². The fourth-order valence-electron chi connectivity index (χ4n) is 3.99. The number of rotatable bonds is 10. The van der Waals surface area contributed by atoms with E-state index in [0.29, 0.717) is 12.2 Å². The fraction of sp³-hybridized carbons (Fsp3) is 0.333. The van der Waals surface area contributed by atoms with E-state index >= 15 is 0 Å². The van der Waals surface area contributed by atoms with Crippen molar-refractivity contribution in [1.82, 2.24) is 14.6 Å². The minimum atomic E-state index is -3.65. The number of thiazole rings is 1. The zero-order chi connectivity index (χ0) is 25.7. The van der Waals surface area contributed by atoms with Gasteiger partial charge in [-0.2, -0.15) is 0 Å². The van der Waals surface area contributed by atoms with E-state index in [1.54, 1.807) is 12.1 Å². The topological polar surface area (TPSA) is 117 Å². The van der Waals surface area contributed by atoms with Gasteiger partial charge in [0, 0.05) is 12.2 Å². The van der Waals surface area contributed by atoms with Crippen LogP contribution in [0, 0.1) is 11.6 Å². The first-order chi connectivity index (χ1) is 17.2. The van der Waals surface area contributed by atoms with Crippen molar-refractivity contribution in [1.29, 1.82) is 0 Å². The Kier molecular flexibility index (Phi) is 8.29. The van der Waals surface area contributed by atoms with Gasteiger partial charge in [-0.05, 0) is 75.3 Å². The number of ketones is 1. The molecule has 1 saturated heterocycles. The third kappa shape index (κ3) is 6.25. The van der Waals surface area contributed by atoms with Crippen LogP contribution in [0.25, 0.3) is 0 Å². The molecule has 1 aliphatic rings. The molecule has 0 aliphatic carbocycles. The lowest BCUT2D eigenvalue weighted by atomic mass is 10.1. The van der Waals surface area contributed by atoms with E-state index in [-0.39, 0.29) is 20.7 Å². The lowest BCUT2D eigenvalue weighted by Crippen LogP contribution is -2.33. The quantitative estimate of drug-likeness (QED) is 0.264. The number of aromatic nitrogens is 1. The van der Waals surface area contributed by atoms with Gasteiger partial charge < -0.3 is 16.0 Å². The van der Waals surface area contributed by atoms with Crippen molar-refractivity contribution in [2.24, 2.45) is 0 Å². The van der Waals surface area contributed by atoms with Crippen molar-refractivity contribution in [3.63, 3.8) is 0 Å². The maximum absolute atomic E-state index is 14.0. The van der Waals surface area contributed by atoms with Gasteiger partial charge in [0.2, 0.25) is 15.8 Å². The molecule has 1 aromatic heterocycles. The molecule has 192 valence electrons. The average Bonchev–Trinajstić information content (AvgIpc) is 3.22. The monoisotopic (exact) mass is 535 g/mol. The molecule has 0 bridgehead atoms. The van der Waals surface area contributed by atoms with Crippen molar-refractivity contribution >= 4 is 43.8 Å². The number of benzene rings is 2. The van der Waals surface area contributed by atoms with Crippen LogP contribution in [0.1, 0.15) is 40.9 Å². The molecule has 8 nitrogen and oxygen atoms in total. The van der Waals surface area contributed by atoms with Crippen LogP contribution < -0.4 is 15.8 Å². The number of nitrogens with two attached hydrogens (primary N) is 1. The zero-order valence-electron chi connectivity index (χ0n) is 19.5. The van der Waals surface area contributed by atoms with Crippen LogP contribution in [0.3, 0.4) is 0 Å². The third-order valence-corrected chi connectivity index (χ3v) is 8.32. The second-order valence-electron chi connectivity index (χ2n) is 8.46. The SMILES string of the molecule is Nc1nc(Nc2ccc(S(=O)(=O)NCCCN3CCCCC3)cc2)sc1C(=O)c1c(F)cccc1F. The van der Waals surface area contributed by atoms with Gasteiger partial charge in [-0.15, -0.1) is 0 Å². The summed E-state index contributed by atoms with van der Waals surface area (Å²) in [5.74, 6) is -3.04. The van der Waals surface area contributed by atoms with Crippen molar-refractivity contribution in [3.8, 4) is 0 Å². The van der Waals surface area contributed by atoms with Crippen molar-refractivity contribution < 1.29 is 22.0 Å². The molecular weight excluding hydrogens is 508 g/mol. The van der Waals surface area contributed by atoms with E-state index < -0.39 is 33.0 Å². The van der Waals surface area contributed by atoms with E-state index in [0.717, 1.165) is 49.5 Å². The highest BCUT2D eigenvalue weighted by Crippen LogP contribution is 2.31. The first kappa shape index (κ1) is 26.1. The highest BCUT2D eigenvalue weighted by atomic mass is 32.2. The van der Waals surface area contributed by atoms with Crippen LogP contribution in [-0.2, 0) is 10.0 Å². The largest absolute Gasteiger partial charge is 0.382 e. The Morgan fingerprint density at radius 2 is 1.72 bits per heavy atom. The number of halogens is 2. The third-order valence-electron chi connectivity index (χ3n) is 5.86. The van der Waals surface area contributed by atoms with Gasteiger partial charge in [-0.3, -0.25) is 4.79 Å². The molecule has 1 aliphatic heterocycles. The normalized spacial score (nSPS) is 14.6. The Labute approximate surface area is 212 Å². The maximum atomic E-state index is 14.0. The summed E-state index contributed by atoms with van der Waals surface area (Å²) in [7, 11) is -3.65. The van der Waals surface area contributed by atoms with Crippen molar-refractivity contribution in [2.75, 3.05) is 37.2 Å². The van der Waals surface area contributed by atoms with Crippen LogP contribution in [0.2, 0.25) is 0 Å². The summed E-state index contributed by atoms with van der Waals surface area (Å²) in [6.45, 7) is 3.37. The molecule has 0 amide bonds. The summed E-state index contributed by atoms with van der Waals surface area (Å²) < 4.78 is 55.8. The molecule has 2 heterocycles. The number of hydrogen-bond acceptors (Lipinski definition) is 8. The summed E-state index contributed by atoms with van der Waals surface area (Å²) in [5, 5.41) is 3.16. The number of nitrogens with zero attached hydrogens (tertiary/aromatic N) is 2. The number of nitrogen functional groups attached to an aromatic ring is 1. The average molecular weight is 536 g/mol. The van der Waals surface area contributed by atoms with Crippen LogP contribution >= 0.6 is 11.3 Å². The number of carbonyl (C=O) groups excluding carboxylic acids is 1. The Hall–Kier alpha value is -2.93. The molecule has 0 saturated carbocycles. The number of piperidine rings is 1. The van der Waals surface area contributed by atoms with Gasteiger partial charge in [0.25, 0.3) is 0 Å².